The molecule has 210 valence electrons. The molecule has 0 spiro atoms. The van der Waals surface area contributed by atoms with Crippen molar-refractivity contribution in [2.24, 2.45) is 23.2 Å². The lowest BCUT2D eigenvalue weighted by Crippen LogP contribution is -2.59. The molecular weight excluding hydrogens is 523 g/mol. The molecule has 4 aliphatic carbocycles. The second-order valence-electron chi connectivity index (χ2n) is 11.9. The fourth-order valence-corrected chi connectivity index (χ4v) is 7.79. The number of hydrogen-bond donors (Lipinski definition) is 3. The van der Waals surface area contributed by atoms with Gasteiger partial charge in [-0.2, -0.15) is 13.2 Å². The van der Waals surface area contributed by atoms with E-state index in [1.807, 2.05) is 0 Å². The fraction of sp³-hybridized carbons (Fsp3) is 0.419. The second kappa shape index (κ2) is 9.71. The van der Waals surface area contributed by atoms with E-state index < -0.39 is 35.1 Å². The average Bonchev–Trinajstić information content (AvgIpc) is 2.88. The number of phenolic OH excluding ortho intramolecular Hbond substituents is 1. The molecule has 4 bridgehead atoms. The highest BCUT2D eigenvalue weighted by atomic mass is 19.4. The highest BCUT2D eigenvalue weighted by molar-refractivity contribution is 6.05. The monoisotopic (exact) mass is 553 g/mol. The third-order valence-corrected chi connectivity index (χ3v) is 9.08. The molecule has 40 heavy (non-hydrogen) atoms. The molecule has 3 N–H and O–H groups in total. The number of rotatable bonds is 7. The van der Waals surface area contributed by atoms with E-state index in [2.05, 4.69) is 5.32 Å². The van der Waals surface area contributed by atoms with Gasteiger partial charge in [-0.1, -0.05) is 18.2 Å². The maximum Gasteiger partial charge on any atom is 0.416 e. The molecule has 7 rings (SSSR count). The van der Waals surface area contributed by atoms with Gasteiger partial charge in [-0.3, -0.25) is 4.79 Å². The van der Waals surface area contributed by atoms with Crippen LogP contribution in [-0.4, -0.2) is 28.1 Å². The number of carboxylic acids is 1. The summed E-state index contributed by atoms with van der Waals surface area (Å²) in [6.45, 7) is -0.115. The molecule has 0 saturated heterocycles. The van der Waals surface area contributed by atoms with Crippen LogP contribution in [0.4, 0.5) is 13.2 Å². The number of halogens is 3. The van der Waals surface area contributed by atoms with E-state index in [1.165, 1.54) is 30.3 Å². The molecule has 3 aromatic rings. The third-order valence-electron chi connectivity index (χ3n) is 9.08. The van der Waals surface area contributed by atoms with Crippen LogP contribution in [0.5, 0.6) is 11.5 Å². The molecule has 4 saturated carbocycles. The molecule has 1 atom stereocenters. The summed E-state index contributed by atoms with van der Waals surface area (Å²) in [5.74, 6) is 0.0624. The third kappa shape index (κ3) is 4.86. The summed E-state index contributed by atoms with van der Waals surface area (Å²) in [4.78, 5) is 26.3. The van der Waals surface area contributed by atoms with Gasteiger partial charge in [0.2, 0.25) is 0 Å². The fourth-order valence-electron chi connectivity index (χ4n) is 7.79. The molecule has 0 aliphatic heterocycles. The van der Waals surface area contributed by atoms with Gasteiger partial charge in [0.25, 0.3) is 5.91 Å². The van der Waals surface area contributed by atoms with E-state index >= 15 is 0 Å². The normalized spacial score (nSPS) is 26.0. The Bertz CT molecular complexity index is 1430. The Labute approximate surface area is 229 Å². The molecule has 6 nitrogen and oxygen atoms in total. The van der Waals surface area contributed by atoms with Crippen molar-refractivity contribution in [1.82, 2.24) is 5.32 Å². The quantitative estimate of drug-likeness (QED) is 0.309. The van der Waals surface area contributed by atoms with Crippen LogP contribution in [0.3, 0.4) is 0 Å². The van der Waals surface area contributed by atoms with Gasteiger partial charge in [-0.25, -0.2) is 4.79 Å². The number of aliphatic carboxylic acids is 1. The van der Waals surface area contributed by atoms with Crippen molar-refractivity contribution in [1.29, 1.82) is 0 Å². The number of carboxylic acid groups (broad SMARTS) is 1. The van der Waals surface area contributed by atoms with Crippen LogP contribution in [0.1, 0.15) is 60.0 Å². The SMILES string of the molecule is O=C(NC(C(=O)O)C12CC3CC(CC(C3)C1)C2)c1ccc2cc(O)ccc2c1OCc1ccc(C(F)(F)F)cc1. The van der Waals surface area contributed by atoms with E-state index in [4.69, 9.17) is 4.74 Å². The van der Waals surface area contributed by atoms with E-state index in [0.29, 0.717) is 34.1 Å². The maximum absolute atomic E-state index is 13.7. The number of fused-ring (bicyclic) bond motifs is 1. The van der Waals surface area contributed by atoms with Crippen LogP contribution < -0.4 is 10.1 Å². The molecule has 0 radical (unpaired) electrons. The number of aromatic hydroxyl groups is 1. The van der Waals surface area contributed by atoms with E-state index in [-0.39, 0.29) is 23.7 Å². The molecule has 1 unspecified atom stereocenters. The lowest BCUT2D eigenvalue weighted by atomic mass is 9.47. The lowest BCUT2D eigenvalue weighted by Gasteiger charge is -2.58. The Balaban J connectivity index is 1.30. The standard InChI is InChI=1S/C31H30F3NO5/c32-31(33,34)22-4-1-17(2-5-22)16-40-26-24-8-6-23(36)12-21(24)3-7-25(26)28(37)35-27(29(38)39)30-13-18-9-19(14-30)11-20(10-18)15-30/h1-8,12,18-20,27,36H,9-11,13-16H2,(H,35,37)(H,38,39). The highest BCUT2D eigenvalue weighted by Gasteiger charge is 2.56. The van der Waals surface area contributed by atoms with Crippen molar-refractivity contribution < 1.29 is 37.7 Å². The zero-order valence-corrected chi connectivity index (χ0v) is 21.7. The summed E-state index contributed by atoms with van der Waals surface area (Å²) in [6, 6.07) is 11.3. The molecule has 1 amide bonds. The number of phenols is 1. The molecule has 3 aromatic carbocycles. The first-order valence-corrected chi connectivity index (χ1v) is 13.6. The van der Waals surface area contributed by atoms with Gasteiger partial charge in [0, 0.05) is 10.8 Å². The average molecular weight is 554 g/mol. The molecule has 9 heteroatoms. The minimum absolute atomic E-state index is 0.0196. The minimum atomic E-state index is -4.46. The zero-order valence-electron chi connectivity index (χ0n) is 21.7. The Kier molecular flexibility index (Phi) is 6.43. The van der Waals surface area contributed by atoms with Crippen LogP contribution >= 0.6 is 0 Å². The number of carbonyl (C=O) groups excluding carboxylic acids is 1. The Morgan fingerprint density at radius 1 is 0.950 bits per heavy atom. The van der Waals surface area contributed by atoms with E-state index in [1.54, 1.807) is 12.1 Å². The number of carbonyl (C=O) groups is 2. The van der Waals surface area contributed by atoms with Gasteiger partial charge in [0.1, 0.15) is 24.1 Å². The Morgan fingerprint density at radius 3 is 2.15 bits per heavy atom. The summed E-state index contributed by atoms with van der Waals surface area (Å²) in [5.41, 5.74) is -0.658. The van der Waals surface area contributed by atoms with Gasteiger partial charge in [0.05, 0.1) is 11.1 Å². The van der Waals surface area contributed by atoms with Gasteiger partial charge in [-0.15, -0.1) is 0 Å². The van der Waals surface area contributed by atoms with Crippen LogP contribution in [0.25, 0.3) is 10.8 Å². The summed E-state index contributed by atoms with van der Waals surface area (Å²) in [6.07, 6.45) is 1.34. The number of benzene rings is 3. The van der Waals surface area contributed by atoms with Crippen molar-refractivity contribution in [3.05, 3.63) is 71.3 Å². The van der Waals surface area contributed by atoms with Crippen molar-refractivity contribution in [2.45, 2.75) is 57.3 Å². The lowest BCUT2D eigenvalue weighted by molar-refractivity contribution is -0.150. The van der Waals surface area contributed by atoms with Crippen LogP contribution in [0, 0.1) is 23.2 Å². The number of nitrogens with one attached hydrogen (secondary N) is 1. The summed E-state index contributed by atoms with van der Waals surface area (Å²) < 4.78 is 45.0. The second-order valence-corrected chi connectivity index (χ2v) is 11.9. The summed E-state index contributed by atoms with van der Waals surface area (Å²) in [5, 5.41) is 24.2. The highest BCUT2D eigenvalue weighted by Crippen LogP contribution is 2.61. The molecule has 0 heterocycles. The van der Waals surface area contributed by atoms with Crippen molar-refractivity contribution in [3.8, 4) is 11.5 Å². The van der Waals surface area contributed by atoms with Crippen molar-refractivity contribution in [2.75, 3.05) is 0 Å². The predicted octanol–water partition coefficient (Wildman–Crippen LogP) is 6.54. The van der Waals surface area contributed by atoms with Crippen LogP contribution in [0.2, 0.25) is 0 Å². The predicted molar refractivity (Wildman–Crippen MR) is 141 cm³/mol. The number of hydrogen-bond acceptors (Lipinski definition) is 4. The minimum Gasteiger partial charge on any atom is -0.508 e. The van der Waals surface area contributed by atoms with E-state index in [0.717, 1.165) is 50.7 Å². The molecule has 4 aliphatic rings. The Morgan fingerprint density at radius 2 is 1.57 bits per heavy atom. The van der Waals surface area contributed by atoms with Gasteiger partial charge in [-0.05, 0) is 104 Å². The zero-order chi connectivity index (χ0) is 28.2. The number of ether oxygens (including phenoxy) is 1. The maximum atomic E-state index is 13.7. The largest absolute Gasteiger partial charge is 0.508 e. The van der Waals surface area contributed by atoms with Gasteiger partial charge < -0.3 is 20.3 Å². The van der Waals surface area contributed by atoms with Gasteiger partial charge >= 0.3 is 12.1 Å². The topological polar surface area (TPSA) is 95.9 Å². The number of amides is 1. The number of alkyl halides is 3. The van der Waals surface area contributed by atoms with Crippen LogP contribution in [0.15, 0.2) is 54.6 Å². The van der Waals surface area contributed by atoms with Crippen LogP contribution in [-0.2, 0) is 17.6 Å². The van der Waals surface area contributed by atoms with Gasteiger partial charge in [0.15, 0.2) is 0 Å². The van der Waals surface area contributed by atoms with E-state index in [9.17, 15) is 33.0 Å². The van der Waals surface area contributed by atoms with Crippen molar-refractivity contribution in [3.63, 3.8) is 0 Å². The molecule has 0 aromatic heterocycles. The smallest absolute Gasteiger partial charge is 0.416 e. The first-order chi connectivity index (χ1) is 19.0. The first kappa shape index (κ1) is 26.5. The summed E-state index contributed by atoms with van der Waals surface area (Å²) in [7, 11) is 0. The Hall–Kier alpha value is -3.75. The molecular formula is C31H30F3NO5. The first-order valence-electron chi connectivity index (χ1n) is 13.6. The molecule has 4 fully saturated rings. The summed E-state index contributed by atoms with van der Waals surface area (Å²) >= 11 is 0. The van der Waals surface area contributed by atoms with Crippen molar-refractivity contribution >= 4 is 22.6 Å².